The number of alkyl carbamates (subject to hydrolysis) is 1. The molecule has 31 heavy (non-hydrogen) atoms. The maximum Gasteiger partial charge on any atom is 0.407 e. The van der Waals surface area contributed by atoms with Gasteiger partial charge in [-0.3, -0.25) is 0 Å². The number of anilines is 2. The first-order chi connectivity index (χ1) is 15.0. The van der Waals surface area contributed by atoms with E-state index < -0.39 is 6.09 Å². The molecule has 2 aromatic carbocycles. The highest BCUT2D eigenvalue weighted by atomic mass is 16.5. The Morgan fingerprint density at radius 3 is 2.42 bits per heavy atom. The Hall–Kier alpha value is -3.80. The first-order valence-electron chi connectivity index (χ1n) is 10.3. The third-order valence-electron chi connectivity index (χ3n) is 5.53. The fourth-order valence-electron chi connectivity index (χ4n) is 3.94. The Labute approximate surface area is 181 Å². The van der Waals surface area contributed by atoms with Gasteiger partial charge in [-0.15, -0.1) is 0 Å². The SMILES string of the molecule is Cc1nc(N)c(N)cc1C=CCCNC(=O)OCC1c2ccccc2-c2ccccc21. The minimum Gasteiger partial charge on any atom is -0.449 e. The van der Waals surface area contributed by atoms with Crippen LogP contribution >= 0.6 is 0 Å². The maximum absolute atomic E-state index is 12.2. The van der Waals surface area contributed by atoms with Crippen LogP contribution in [0.4, 0.5) is 16.3 Å². The molecule has 0 unspecified atom stereocenters. The highest BCUT2D eigenvalue weighted by molar-refractivity contribution is 5.79. The van der Waals surface area contributed by atoms with Crippen LogP contribution in [0.15, 0.2) is 60.7 Å². The van der Waals surface area contributed by atoms with E-state index in [0.29, 0.717) is 31.1 Å². The average molecular weight is 415 g/mol. The van der Waals surface area contributed by atoms with Crippen molar-refractivity contribution in [2.45, 2.75) is 19.3 Å². The van der Waals surface area contributed by atoms with Gasteiger partial charge in [0.05, 0.1) is 5.69 Å². The number of carbonyl (C=O) groups is 1. The second-order valence-corrected chi connectivity index (χ2v) is 7.58. The van der Waals surface area contributed by atoms with Gasteiger partial charge in [0.25, 0.3) is 0 Å². The van der Waals surface area contributed by atoms with Crippen LogP contribution in [-0.2, 0) is 4.74 Å². The highest BCUT2D eigenvalue weighted by Gasteiger charge is 2.28. The molecule has 158 valence electrons. The summed E-state index contributed by atoms with van der Waals surface area (Å²) in [5, 5.41) is 2.80. The Morgan fingerprint density at radius 2 is 1.74 bits per heavy atom. The van der Waals surface area contributed by atoms with Crippen LogP contribution in [0.25, 0.3) is 17.2 Å². The molecule has 0 fully saturated rings. The van der Waals surface area contributed by atoms with E-state index in [9.17, 15) is 4.79 Å². The summed E-state index contributed by atoms with van der Waals surface area (Å²) >= 11 is 0. The van der Waals surface area contributed by atoms with Gasteiger partial charge in [0.1, 0.15) is 12.4 Å². The molecule has 1 heterocycles. The van der Waals surface area contributed by atoms with Gasteiger partial charge >= 0.3 is 6.09 Å². The van der Waals surface area contributed by atoms with Gasteiger partial charge < -0.3 is 21.5 Å². The lowest BCUT2D eigenvalue weighted by atomic mass is 9.98. The van der Waals surface area contributed by atoms with Gasteiger partial charge in [0.15, 0.2) is 0 Å². The number of hydrogen-bond donors (Lipinski definition) is 3. The molecule has 0 saturated heterocycles. The molecular formula is C25H26N4O2. The summed E-state index contributed by atoms with van der Waals surface area (Å²) in [7, 11) is 0. The number of nitrogens with one attached hydrogen (secondary N) is 1. The number of aromatic nitrogens is 1. The molecule has 4 rings (SSSR count). The Balaban J connectivity index is 1.28. The molecular weight excluding hydrogens is 388 g/mol. The van der Waals surface area contributed by atoms with E-state index in [1.807, 2.05) is 43.3 Å². The summed E-state index contributed by atoms with van der Waals surface area (Å²) in [6.45, 7) is 2.67. The minimum atomic E-state index is -0.412. The van der Waals surface area contributed by atoms with Crippen molar-refractivity contribution in [3.8, 4) is 11.1 Å². The molecule has 1 aliphatic rings. The molecule has 0 atom stereocenters. The number of pyridine rings is 1. The van der Waals surface area contributed by atoms with Crippen LogP contribution in [0.5, 0.6) is 0 Å². The van der Waals surface area contributed by atoms with Gasteiger partial charge in [-0.05, 0) is 47.2 Å². The molecule has 0 aliphatic heterocycles. The van der Waals surface area contributed by atoms with Gasteiger partial charge in [0.2, 0.25) is 0 Å². The zero-order chi connectivity index (χ0) is 21.8. The van der Waals surface area contributed by atoms with Crippen LogP contribution in [0.2, 0.25) is 0 Å². The predicted molar refractivity (Wildman–Crippen MR) is 125 cm³/mol. The smallest absolute Gasteiger partial charge is 0.407 e. The summed E-state index contributed by atoms with van der Waals surface area (Å²) in [6.07, 6.45) is 4.14. The largest absolute Gasteiger partial charge is 0.449 e. The Kier molecular flexibility index (Phi) is 5.89. The number of nitrogens with zero attached hydrogens (tertiary/aromatic N) is 1. The molecule has 1 amide bonds. The molecule has 1 aliphatic carbocycles. The summed E-state index contributed by atoms with van der Waals surface area (Å²) in [6, 6.07) is 18.4. The topological polar surface area (TPSA) is 103 Å². The van der Waals surface area contributed by atoms with Crippen molar-refractivity contribution in [2.75, 3.05) is 24.6 Å². The number of amides is 1. The van der Waals surface area contributed by atoms with Gasteiger partial charge in [-0.25, -0.2) is 9.78 Å². The maximum atomic E-state index is 12.2. The van der Waals surface area contributed by atoms with E-state index >= 15 is 0 Å². The standard InChI is InChI=1S/C25H26N4O2/c1-16-17(14-23(26)24(27)29-16)8-6-7-13-28-25(30)31-15-22-20-11-4-2-9-18(20)19-10-3-5-12-21(19)22/h2-6,8-12,14,22H,7,13,15,26H2,1H3,(H2,27,29)(H,28,30). The molecule has 0 radical (unpaired) electrons. The van der Waals surface area contributed by atoms with E-state index in [1.54, 1.807) is 6.07 Å². The van der Waals surface area contributed by atoms with E-state index in [1.165, 1.54) is 22.3 Å². The summed E-state index contributed by atoms with van der Waals surface area (Å²) in [4.78, 5) is 16.4. The second-order valence-electron chi connectivity index (χ2n) is 7.58. The lowest BCUT2D eigenvalue weighted by Crippen LogP contribution is -2.26. The van der Waals surface area contributed by atoms with Crippen molar-refractivity contribution in [1.29, 1.82) is 0 Å². The quantitative estimate of drug-likeness (QED) is 0.516. The third-order valence-corrected chi connectivity index (χ3v) is 5.53. The van der Waals surface area contributed by atoms with Crippen LogP contribution in [0.3, 0.4) is 0 Å². The number of rotatable bonds is 6. The second kappa shape index (κ2) is 8.92. The van der Waals surface area contributed by atoms with Crippen LogP contribution < -0.4 is 16.8 Å². The molecule has 6 nitrogen and oxygen atoms in total. The highest BCUT2D eigenvalue weighted by Crippen LogP contribution is 2.44. The molecule has 0 bridgehead atoms. The van der Waals surface area contributed by atoms with Crippen molar-refractivity contribution in [3.05, 3.63) is 83.1 Å². The summed E-state index contributed by atoms with van der Waals surface area (Å²) < 4.78 is 5.54. The molecule has 6 heteroatoms. The third kappa shape index (κ3) is 4.38. The number of benzene rings is 2. The van der Waals surface area contributed by atoms with E-state index in [-0.39, 0.29) is 5.92 Å². The Morgan fingerprint density at radius 1 is 1.10 bits per heavy atom. The van der Waals surface area contributed by atoms with Crippen molar-refractivity contribution >= 4 is 23.7 Å². The normalized spacial score (nSPS) is 12.5. The molecule has 3 aromatic rings. The fraction of sp³-hybridized carbons (Fsp3) is 0.200. The number of carbonyl (C=O) groups excluding carboxylic acids is 1. The van der Waals surface area contributed by atoms with Crippen molar-refractivity contribution in [2.24, 2.45) is 0 Å². The number of fused-ring (bicyclic) bond motifs is 3. The minimum absolute atomic E-state index is 0.0597. The van der Waals surface area contributed by atoms with Crippen molar-refractivity contribution < 1.29 is 9.53 Å². The monoisotopic (exact) mass is 414 g/mol. The lowest BCUT2D eigenvalue weighted by Gasteiger charge is -2.14. The predicted octanol–water partition coefficient (Wildman–Crippen LogP) is 4.50. The summed E-state index contributed by atoms with van der Waals surface area (Å²) in [5.41, 5.74) is 18.5. The number of nitrogen functional groups attached to an aromatic ring is 2. The zero-order valence-electron chi connectivity index (χ0n) is 17.5. The van der Waals surface area contributed by atoms with E-state index in [0.717, 1.165) is 11.3 Å². The number of ether oxygens (including phenoxy) is 1. The van der Waals surface area contributed by atoms with Crippen molar-refractivity contribution in [3.63, 3.8) is 0 Å². The van der Waals surface area contributed by atoms with Gasteiger partial charge in [-0.1, -0.05) is 60.7 Å². The number of nitrogens with two attached hydrogens (primary N) is 2. The van der Waals surface area contributed by atoms with E-state index in [4.69, 9.17) is 16.2 Å². The van der Waals surface area contributed by atoms with Crippen LogP contribution in [-0.4, -0.2) is 24.2 Å². The van der Waals surface area contributed by atoms with Crippen LogP contribution in [0, 0.1) is 6.92 Å². The first kappa shape index (κ1) is 20.5. The lowest BCUT2D eigenvalue weighted by molar-refractivity contribution is 0.143. The zero-order valence-corrected chi connectivity index (χ0v) is 17.5. The Bertz CT molecular complexity index is 1090. The first-order valence-corrected chi connectivity index (χ1v) is 10.3. The summed E-state index contributed by atoms with van der Waals surface area (Å²) in [5.74, 6) is 0.399. The van der Waals surface area contributed by atoms with Crippen LogP contribution in [0.1, 0.15) is 34.7 Å². The molecule has 0 spiro atoms. The fourth-order valence-corrected chi connectivity index (χ4v) is 3.94. The average Bonchev–Trinajstić information content (AvgIpc) is 3.09. The van der Waals surface area contributed by atoms with E-state index in [2.05, 4.69) is 34.6 Å². The molecule has 0 saturated carbocycles. The van der Waals surface area contributed by atoms with Gasteiger partial charge in [0, 0.05) is 18.2 Å². The molecule has 5 N–H and O–H groups in total. The van der Waals surface area contributed by atoms with Gasteiger partial charge in [-0.2, -0.15) is 0 Å². The molecule has 1 aromatic heterocycles. The van der Waals surface area contributed by atoms with Crippen molar-refractivity contribution in [1.82, 2.24) is 10.3 Å². The number of hydrogen-bond acceptors (Lipinski definition) is 5. The number of aryl methyl sites for hydroxylation is 1.